The summed E-state index contributed by atoms with van der Waals surface area (Å²) in [4.78, 5) is 0. The van der Waals surface area contributed by atoms with Crippen molar-refractivity contribution < 1.29 is 34.3 Å². The van der Waals surface area contributed by atoms with Gasteiger partial charge in [-0.1, -0.05) is 12.7 Å². The minimum absolute atomic E-state index is 0. The van der Waals surface area contributed by atoms with Crippen molar-refractivity contribution >= 4 is 0 Å². The quantitative estimate of drug-likeness (QED) is 0.376. The Morgan fingerprint density at radius 1 is 1.20 bits per heavy atom. The van der Waals surface area contributed by atoms with Crippen molar-refractivity contribution in [3.05, 3.63) is 42.5 Å². The van der Waals surface area contributed by atoms with Crippen LogP contribution < -0.4 is 29.6 Å². The molecule has 0 heterocycles. The summed E-state index contributed by atoms with van der Waals surface area (Å²) >= 11 is 0. The van der Waals surface area contributed by atoms with Crippen LogP contribution in [0.5, 0.6) is 0 Å². The Hall–Kier alpha value is 0.0500. The van der Waals surface area contributed by atoms with Crippen molar-refractivity contribution in [2.45, 2.75) is 0 Å². The third kappa shape index (κ3) is 3.28. The van der Waals surface area contributed by atoms with Crippen LogP contribution in [0, 0.1) is 6.61 Å². The molecule has 0 radical (unpaired) electrons. The Labute approximate surface area is 83.7 Å². The SMILES string of the molecule is CO[CH-]c1ccccc1.[Na+]. The van der Waals surface area contributed by atoms with Gasteiger partial charge >= 0.3 is 29.6 Å². The summed E-state index contributed by atoms with van der Waals surface area (Å²) in [5, 5.41) is 0. The van der Waals surface area contributed by atoms with E-state index in [-0.39, 0.29) is 29.6 Å². The van der Waals surface area contributed by atoms with Crippen molar-refractivity contribution in [2.24, 2.45) is 0 Å². The number of rotatable bonds is 2. The largest absolute Gasteiger partial charge is 1.00 e. The molecule has 0 aliphatic carbocycles. The molecule has 0 fully saturated rings. The second-order valence-electron chi connectivity index (χ2n) is 1.76. The Morgan fingerprint density at radius 2 is 1.80 bits per heavy atom. The second kappa shape index (κ2) is 5.81. The van der Waals surface area contributed by atoms with Gasteiger partial charge in [0, 0.05) is 7.11 Å². The Morgan fingerprint density at radius 3 is 2.30 bits per heavy atom. The maximum atomic E-state index is 4.80. The van der Waals surface area contributed by atoms with Crippen LogP contribution in [0.25, 0.3) is 0 Å². The molecule has 1 nitrogen and oxygen atoms in total. The van der Waals surface area contributed by atoms with Crippen LogP contribution in [-0.2, 0) is 4.74 Å². The summed E-state index contributed by atoms with van der Waals surface area (Å²) in [5.41, 5.74) is 1.10. The number of benzene rings is 1. The van der Waals surface area contributed by atoms with Crippen LogP contribution in [0.15, 0.2) is 30.3 Å². The Bertz CT molecular complexity index is 162. The van der Waals surface area contributed by atoms with Gasteiger partial charge in [-0.2, -0.15) is 17.7 Å². The standard InChI is InChI=1S/C8H9O.Na/c1-9-7-8-5-3-2-4-6-8;/h2-7H,1H3;/q-1;+1. The van der Waals surface area contributed by atoms with Crippen LogP contribution in [0.1, 0.15) is 5.56 Å². The molecule has 10 heavy (non-hydrogen) atoms. The molecule has 0 saturated heterocycles. The molecule has 0 aliphatic heterocycles. The predicted octanol–water partition coefficient (Wildman–Crippen LogP) is -1.15. The number of hydrogen-bond acceptors (Lipinski definition) is 1. The summed E-state index contributed by atoms with van der Waals surface area (Å²) in [6.07, 6.45) is 0. The molecule has 0 atom stereocenters. The molecular weight excluding hydrogens is 135 g/mol. The minimum atomic E-state index is 0. The van der Waals surface area contributed by atoms with Crippen molar-refractivity contribution in [3.63, 3.8) is 0 Å². The maximum Gasteiger partial charge on any atom is 1.00 e. The zero-order valence-electron chi connectivity index (χ0n) is 6.37. The van der Waals surface area contributed by atoms with Gasteiger partial charge in [0.25, 0.3) is 0 Å². The molecule has 1 aromatic rings. The third-order valence-electron chi connectivity index (χ3n) is 1.05. The normalized spacial score (nSPS) is 8.10. The molecule has 0 amide bonds. The molecule has 0 saturated carbocycles. The number of ether oxygens (including phenoxy) is 1. The predicted molar refractivity (Wildman–Crippen MR) is 36.9 cm³/mol. The molecule has 0 N–H and O–H groups in total. The van der Waals surface area contributed by atoms with E-state index >= 15 is 0 Å². The van der Waals surface area contributed by atoms with Gasteiger partial charge in [0.1, 0.15) is 0 Å². The fourth-order valence-electron chi connectivity index (χ4n) is 0.668. The van der Waals surface area contributed by atoms with E-state index in [1.807, 2.05) is 30.3 Å². The van der Waals surface area contributed by atoms with E-state index < -0.39 is 0 Å². The van der Waals surface area contributed by atoms with Crippen LogP contribution in [-0.4, -0.2) is 7.11 Å². The van der Waals surface area contributed by atoms with E-state index in [9.17, 15) is 0 Å². The van der Waals surface area contributed by atoms with E-state index in [2.05, 4.69) is 0 Å². The maximum absolute atomic E-state index is 4.80. The fourth-order valence-corrected chi connectivity index (χ4v) is 0.668. The van der Waals surface area contributed by atoms with Gasteiger partial charge in [-0.3, -0.25) is 0 Å². The molecule has 1 rings (SSSR count). The first kappa shape index (κ1) is 10.0. The molecular formula is C8H9NaO. The number of hydrogen-bond donors (Lipinski definition) is 0. The van der Waals surface area contributed by atoms with Crippen LogP contribution in [0.4, 0.5) is 0 Å². The Balaban J connectivity index is 0.000000810. The third-order valence-corrected chi connectivity index (χ3v) is 1.05. The van der Waals surface area contributed by atoms with Gasteiger partial charge in [-0.25, -0.2) is 0 Å². The monoisotopic (exact) mass is 144 g/mol. The van der Waals surface area contributed by atoms with E-state index in [1.165, 1.54) is 0 Å². The molecule has 0 aromatic heterocycles. The zero-order valence-corrected chi connectivity index (χ0v) is 8.37. The van der Waals surface area contributed by atoms with Gasteiger partial charge < -0.3 is 4.74 Å². The van der Waals surface area contributed by atoms with Gasteiger partial charge in [-0.05, 0) is 0 Å². The average Bonchev–Trinajstić information content (AvgIpc) is 1.91. The van der Waals surface area contributed by atoms with Crippen molar-refractivity contribution in [3.8, 4) is 0 Å². The molecule has 2 heteroatoms. The minimum Gasteiger partial charge on any atom is -0.417 e. The van der Waals surface area contributed by atoms with Gasteiger partial charge in [0.15, 0.2) is 0 Å². The van der Waals surface area contributed by atoms with Crippen molar-refractivity contribution in [2.75, 3.05) is 7.11 Å². The molecule has 0 bridgehead atoms. The second-order valence-corrected chi connectivity index (χ2v) is 1.76. The topological polar surface area (TPSA) is 9.23 Å². The van der Waals surface area contributed by atoms with Crippen LogP contribution in [0.2, 0.25) is 0 Å². The average molecular weight is 144 g/mol. The summed E-state index contributed by atoms with van der Waals surface area (Å²) in [5.74, 6) is 0. The van der Waals surface area contributed by atoms with Crippen molar-refractivity contribution in [1.29, 1.82) is 0 Å². The molecule has 0 spiro atoms. The van der Waals surface area contributed by atoms with Crippen LogP contribution in [0.3, 0.4) is 0 Å². The molecule has 0 unspecified atom stereocenters. The van der Waals surface area contributed by atoms with Gasteiger partial charge in [0.2, 0.25) is 0 Å². The van der Waals surface area contributed by atoms with Gasteiger partial charge in [0.05, 0.1) is 0 Å². The smallest absolute Gasteiger partial charge is 0.417 e. The molecule has 48 valence electrons. The first-order valence-electron chi connectivity index (χ1n) is 2.84. The van der Waals surface area contributed by atoms with E-state index in [1.54, 1.807) is 13.7 Å². The van der Waals surface area contributed by atoms with E-state index in [0.29, 0.717) is 0 Å². The number of methoxy groups -OCH3 is 1. The van der Waals surface area contributed by atoms with Gasteiger partial charge in [-0.15, -0.1) is 12.1 Å². The van der Waals surface area contributed by atoms with Crippen LogP contribution >= 0.6 is 0 Å². The first-order chi connectivity index (χ1) is 4.43. The molecule has 1 aromatic carbocycles. The van der Waals surface area contributed by atoms with E-state index in [4.69, 9.17) is 4.74 Å². The fraction of sp³-hybridized carbons (Fsp3) is 0.125. The Kier molecular flexibility index (Phi) is 5.84. The summed E-state index contributed by atoms with van der Waals surface area (Å²) in [6, 6.07) is 9.91. The summed E-state index contributed by atoms with van der Waals surface area (Å²) < 4.78 is 4.80. The van der Waals surface area contributed by atoms with Crippen molar-refractivity contribution in [1.82, 2.24) is 0 Å². The summed E-state index contributed by atoms with van der Waals surface area (Å²) in [6.45, 7) is 1.71. The summed E-state index contributed by atoms with van der Waals surface area (Å²) in [7, 11) is 1.65. The van der Waals surface area contributed by atoms with E-state index in [0.717, 1.165) is 5.56 Å². The zero-order chi connectivity index (χ0) is 6.53. The first-order valence-corrected chi connectivity index (χ1v) is 2.84. The molecule has 0 aliphatic rings.